The molecule has 0 radical (unpaired) electrons. The Morgan fingerprint density at radius 1 is 1.15 bits per heavy atom. The van der Waals surface area contributed by atoms with Crippen molar-refractivity contribution in [2.45, 2.75) is 38.2 Å². The predicted octanol–water partition coefficient (Wildman–Crippen LogP) is 4.17. The van der Waals surface area contributed by atoms with Gasteiger partial charge in [-0.05, 0) is 68.7 Å². The summed E-state index contributed by atoms with van der Waals surface area (Å²) >= 11 is 0. The molecule has 1 atom stereocenters. The summed E-state index contributed by atoms with van der Waals surface area (Å²) in [6.45, 7) is 3.76. The van der Waals surface area contributed by atoms with Crippen molar-refractivity contribution in [2.75, 3.05) is 5.84 Å². The summed E-state index contributed by atoms with van der Waals surface area (Å²) in [7, 11) is 0. The molecule has 1 fully saturated rings. The molecule has 8 heteroatoms. The molecule has 0 aliphatic heterocycles. The first-order valence-corrected chi connectivity index (χ1v) is 10.9. The maximum absolute atomic E-state index is 12.3. The van der Waals surface area contributed by atoms with Gasteiger partial charge in [0.25, 0.3) is 0 Å². The molecule has 5 aromatic rings. The first-order chi connectivity index (χ1) is 16.0. The monoisotopic (exact) mass is 441 g/mol. The van der Waals surface area contributed by atoms with Gasteiger partial charge in [0.15, 0.2) is 5.60 Å². The minimum Gasteiger partial charge on any atom is -0.465 e. The Hall–Kier alpha value is -3.91. The third-order valence-corrected chi connectivity index (χ3v) is 6.39. The number of aliphatic hydroxyl groups is 1. The zero-order valence-corrected chi connectivity index (χ0v) is 18.3. The highest BCUT2D eigenvalue weighted by Crippen LogP contribution is 2.45. The van der Waals surface area contributed by atoms with E-state index in [1.165, 1.54) is 6.26 Å². The summed E-state index contributed by atoms with van der Waals surface area (Å²) < 4.78 is 12.8. The van der Waals surface area contributed by atoms with Crippen LogP contribution in [-0.2, 0) is 5.60 Å². The minimum absolute atomic E-state index is 0.323. The molecule has 3 N–H and O–H groups in total. The van der Waals surface area contributed by atoms with Crippen LogP contribution in [0.15, 0.2) is 63.9 Å². The van der Waals surface area contributed by atoms with E-state index in [2.05, 4.69) is 10.1 Å². The number of nitrogen functional groups attached to an aromatic ring is 1. The first-order valence-electron chi connectivity index (χ1n) is 10.9. The van der Waals surface area contributed by atoms with E-state index < -0.39 is 5.60 Å². The van der Waals surface area contributed by atoms with Crippen molar-refractivity contribution < 1.29 is 14.0 Å². The van der Waals surface area contributed by atoms with Crippen molar-refractivity contribution in [1.82, 2.24) is 19.8 Å². The van der Waals surface area contributed by atoms with Gasteiger partial charge >= 0.3 is 0 Å². The molecule has 1 aromatic carbocycles. The normalized spacial score (nSPS) is 15.7. The second-order valence-corrected chi connectivity index (χ2v) is 8.61. The molecule has 1 unspecified atom stereocenters. The van der Waals surface area contributed by atoms with Crippen LogP contribution in [0.3, 0.4) is 0 Å². The van der Waals surface area contributed by atoms with Gasteiger partial charge in [-0.3, -0.25) is 4.98 Å². The van der Waals surface area contributed by atoms with Crippen molar-refractivity contribution in [3.63, 3.8) is 0 Å². The third kappa shape index (κ3) is 2.91. The van der Waals surface area contributed by atoms with Crippen molar-refractivity contribution in [2.24, 2.45) is 0 Å². The summed E-state index contributed by atoms with van der Waals surface area (Å²) in [5.41, 5.74) is 3.03. The molecule has 0 amide bonds. The van der Waals surface area contributed by atoms with Crippen LogP contribution in [0, 0.1) is 13.8 Å². The van der Waals surface area contributed by atoms with Gasteiger partial charge < -0.3 is 19.9 Å². The van der Waals surface area contributed by atoms with Gasteiger partial charge in [0.1, 0.15) is 17.3 Å². The van der Waals surface area contributed by atoms with Gasteiger partial charge in [-0.15, -0.1) is 0 Å². The van der Waals surface area contributed by atoms with E-state index in [1.54, 1.807) is 29.1 Å². The highest BCUT2D eigenvalue weighted by Gasteiger charge is 2.42. The number of nitrogens with two attached hydrogens (primary N) is 1. The number of hydrogen-bond acceptors (Lipinski definition) is 7. The second-order valence-electron chi connectivity index (χ2n) is 8.61. The van der Waals surface area contributed by atoms with Crippen molar-refractivity contribution >= 4 is 11.0 Å². The Kier molecular flexibility index (Phi) is 4.22. The second kappa shape index (κ2) is 7.05. The van der Waals surface area contributed by atoms with Gasteiger partial charge in [0.05, 0.1) is 28.7 Å². The largest absolute Gasteiger partial charge is 0.465 e. The molecule has 0 bridgehead atoms. The Bertz CT molecular complexity index is 1450. The van der Waals surface area contributed by atoms with E-state index in [0.717, 1.165) is 35.5 Å². The summed E-state index contributed by atoms with van der Waals surface area (Å²) in [6.07, 6.45) is 5.29. The summed E-state index contributed by atoms with van der Waals surface area (Å²) in [5.74, 6) is 8.70. The lowest BCUT2D eigenvalue weighted by molar-refractivity contribution is 0.0958. The lowest BCUT2D eigenvalue weighted by atomic mass is 9.84. The Morgan fingerprint density at radius 2 is 2.00 bits per heavy atom. The van der Waals surface area contributed by atoms with E-state index >= 15 is 0 Å². The maximum atomic E-state index is 12.3. The van der Waals surface area contributed by atoms with E-state index in [-0.39, 0.29) is 0 Å². The third-order valence-electron chi connectivity index (χ3n) is 6.39. The van der Waals surface area contributed by atoms with Crippen LogP contribution in [-0.4, -0.2) is 24.9 Å². The molecule has 4 aromatic heterocycles. The molecular weight excluding hydrogens is 418 g/mol. The number of nitrogens with zero attached hydrogens (tertiary/aromatic N) is 4. The fraction of sp³-hybridized carbons (Fsp3) is 0.240. The topological polar surface area (TPSA) is 116 Å². The Morgan fingerprint density at radius 3 is 2.64 bits per heavy atom. The molecule has 33 heavy (non-hydrogen) atoms. The fourth-order valence-corrected chi connectivity index (χ4v) is 4.62. The standard InChI is InChI=1S/C25H23N5O3/c1-14-22(15(2)33-29-14)17-12-18(23-19(13-17)30(26)24(28-23)16-8-9-16)25(31,21-7-5-11-32-21)20-6-3-4-10-27-20/h3-7,10-13,16,31H,8-9,26H2,1-2H3. The molecule has 0 saturated heterocycles. The molecule has 1 aliphatic carbocycles. The average molecular weight is 441 g/mol. The van der Waals surface area contributed by atoms with E-state index in [9.17, 15) is 5.11 Å². The molecule has 6 rings (SSSR count). The molecule has 8 nitrogen and oxygen atoms in total. The number of fused-ring (bicyclic) bond motifs is 1. The first kappa shape index (κ1) is 19.8. The van der Waals surface area contributed by atoms with Gasteiger partial charge in [-0.1, -0.05) is 11.2 Å². The van der Waals surface area contributed by atoms with Crippen LogP contribution in [0.2, 0.25) is 0 Å². The number of pyridine rings is 1. The minimum atomic E-state index is -1.69. The Labute approximate surface area is 189 Å². The summed E-state index contributed by atoms with van der Waals surface area (Å²) in [6, 6.07) is 12.8. The van der Waals surface area contributed by atoms with Gasteiger partial charge in [0.2, 0.25) is 0 Å². The predicted molar refractivity (Wildman–Crippen MR) is 122 cm³/mol. The Balaban J connectivity index is 1.73. The number of rotatable bonds is 5. The van der Waals surface area contributed by atoms with Crippen LogP contribution in [0.1, 0.15) is 53.1 Å². The number of aromatic nitrogens is 4. The average Bonchev–Trinajstić information content (AvgIpc) is 3.23. The van der Waals surface area contributed by atoms with Gasteiger partial charge in [-0.2, -0.15) is 0 Å². The number of hydrogen-bond donors (Lipinski definition) is 2. The number of imidazole rings is 1. The number of aryl methyl sites for hydroxylation is 2. The highest BCUT2D eigenvalue weighted by molar-refractivity contribution is 5.88. The number of benzene rings is 1. The molecule has 1 saturated carbocycles. The van der Waals surface area contributed by atoms with Crippen LogP contribution in [0.5, 0.6) is 0 Å². The lowest BCUT2D eigenvalue weighted by Gasteiger charge is -2.27. The van der Waals surface area contributed by atoms with Crippen LogP contribution >= 0.6 is 0 Å². The van der Waals surface area contributed by atoms with Crippen LogP contribution in [0.4, 0.5) is 0 Å². The van der Waals surface area contributed by atoms with Crippen molar-refractivity contribution in [3.8, 4) is 11.1 Å². The quantitative estimate of drug-likeness (QED) is 0.393. The number of furan rings is 1. The smallest absolute Gasteiger partial charge is 0.192 e. The van der Waals surface area contributed by atoms with Gasteiger partial charge in [0, 0.05) is 23.2 Å². The summed E-state index contributed by atoms with van der Waals surface area (Å²) in [5, 5.41) is 16.5. The van der Waals surface area contributed by atoms with E-state index in [1.807, 2.05) is 38.1 Å². The highest BCUT2D eigenvalue weighted by atomic mass is 16.5. The fourth-order valence-electron chi connectivity index (χ4n) is 4.62. The molecule has 1 aliphatic rings. The van der Waals surface area contributed by atoms with Gasteiger partial charge in [-0.25, -0.2) is 9.66 Å². The van der Waals surface area contributed by atoms with E-state index in [0.29, 0.717) is 39.7 Å². The zero-order chi connectivity index (χ0) is 22.7. The van der Waals surface area contributed by atoms with Crippen LogP contribution in [0.25, 0.3) is 22.2 Å². The van der Waals surface area contributed by atoms with E-state index in [4.69, 9.17) is 19.8 Å². The van der Waals surface area contributed by atoms with Crippen LogP contribution < -0.4 is 5.84 Å². The molecular formula is C25H23N5O3. The SMILES string of the molecule is Cc1noc(C)c1-c1cc(C(O)(c2ccccn2)c2ccco2)c2nc(C3CC3)n(N)c2c1. The molecule has 166 valence electrons. The summed E-state index contributed by atoms with van der Waals surface area (Å²) in [4.78, 5) is 9.40. The molecule has 4 heterocycles. The maximum Gasteiger partial charge on any atom is 0.192 e. The van der Waals surface area contributed by atoms with Crippen molar-refractivity contribution in [1.29, 1.82) is 0 Å². The zero-order valence-electron chi connectivity index (χ0n) is 18.3. The lowest BCUT2D eigenvalue weighted by Crippen LogP contribution is -2.30. The molecule has 0 spiro atoms. The van der Waals surface area contributed by atoms with Crippen molar-refractivity contribution in [3.05, 3.63) is 89.2 Å².